The third-order valence-corrected chi connectivity index (χ3v) is 9.60. The van der Waals surface area contributed by atoms with E-state index < -0.39 is 34.1 Å². The number of nitrogens with one attached hydrogen (secondary N) is 1. The summed E-state index contributed by atoms with van der Waals surface area (Å²) in [6.07, 6.45) is 0.259. The molecule has 0 radical (unpaired) electrons. The van der Waals surface area contributed by atoms with E-state index in [9.17, 15) is 18.0 Å². The lowest BCUT2D eigenvalue weighted by Crippen LogP contribution is -2.56. The van der Waals surface area contributed by atoms with Gasteiger partial charge in [-0.3, -0.25) is 13.9 Å². The first-order valence-electron chi connectivity index (χ1n) is 15.1. The van der Waals surface area contributed by atoms with Crippen LogP contribution in [0.25, 0.3) is 0 Å². The topological polar surface area (TPSA) is 86.8 Å². The molecule has 1 N–H and O–H groups in total. The van der Waals surface area contributed by atoms with Crippen LogP contribution in [0.5, 0.6) is 0 Å². The number of hydrogen-bond acceptors (Lipinski definition) is 4. The van der Waals surface area contributed by atoms with Crippen molar-refractivity contribution in [3.8, 4) is 0 Å². The summed E-state index contributed by atoms with van der Waals surface area (Å²) in [5.41, 5.74) is 4.24. The van der Waals surface area contributed by atoms with Crippen LogP contribution in [0.15, 0.2) is 108 Å². The van der Waals surface area contributed by atoms with Gasteiger partial charge in [-0.05, 0) is 87.6 Å². The number of carbonyl (C=O) groups is 2. The molecule has 0 aliphatic rings. The maximum absolute atomic E-state index is 14.7. The number of amides is 2. The predicted octanol–water partition coefficient (Wildman–Crippen LogP) is 6.36. The molecule has 4 rings (SSSR count). The average molecular weight is 626 g/mol. The van der Waals surface area contributed by atoms with Crippen molar-refractivity contribution in [3.63, 3.8) is 0 Å². The van der Waals surface area contributed by atoms with Crippen LogP contribution in [0.1, 0.15) is 48.6 Å². The van der Waals surface area contributed by atoms with E-state index in [0.717, 1.165) is 27.8 Å². The number of benzene rings is 4. The largest absolute Gasteiger partial charge is 0.350 e. The zero-order chi connectivity index (χ0) is 32.8. The number of anilines is 1. The van der Waals surface area contributed by atoms with E-state index in [1.807, 2.05) is 102 Å². The van der Waals surface area contributed by atoms with Crippen LogP contribution < -0.4 is 9.62 Å². The molecule has 0 spiro atoms. The minimum Gasteiger partial charge on any atom is -0.350 e. The summed E-state index contributed by atoms with van der Waals surface area (Å²) < 4.78 is 29.6. The molecule has 0 saturated heterocycles. The van der Waals surface area contributed by atoms with Gasteiger partial charge in [-0.2, -0.15) is 0 Å². The zero-order valence-electron chi connectivity index (χ0n) is 26.9. The van der Waals surface area contributed by atoms with Gasteiger partial charge >= 0.3 is 0 Å². The maximum Gasteiger partial charge on any atom is 0.264 e. The van der Waals surface area contributed by atoms with E-state index in [1.165, 1.54) is 21.3 Å². The summed E-state index contributed by atoms with van der Waals surface area (Å²) in [4.78, 5) is 30.3. The molecule has 0 saturated carbocycles. The Morgan fingerprint density at radius 2 is 1.33 bits per heavy atom. The molecule has 0 fully saturated rings. The van der Waals surface area contributed by atoms with Crippen molar-refractivity contribution in [3.05, 3.63) is 131 Å². The first kappa shape index (κ1) is 33.5. The lowest BCUT2D eigenvalue weighted by atomic mass is 10.00. The van der Waals surface area contributed by atoms with Crippen molar-refractivity contribution in [1.29, 1.82) is 0 Å². The SMILES string of the molecule is Cc1ccccc1CN(C(=O)CN(c1cccc(C)c1C)S(=O)(=O)c1ccccc1)C(Cc1ccccc1)C(=O)NC(C)(C)C. The fourth-order valence-corrected chi connectivity index (χ4v) is 6.71. The van der Waals surface area contributed by atoms with E-state index in [0.29, 0.717) is 5.69 Å². The van der Waals surface area contributed by atoms with Crippen molar-refractivity contribution >= 4 is 27.5 Å². The molecule has 0 bridgehead atoms. The number of sulfonamides is 1. The van der Waals surface area contributed by atoms with Crippen LogP contribution in [0.3, 0.4) is 0 Å². The van der Waals surface area contributed by atoms with Gasteiger partial charge in [-0.15, -0.1) is 0 Å². The molecular weight excluding hydrogens is 582 g/mol. The lowest BCUT2D eigenvalue weighted by Gasteiger charge is -2.36. The molecule has 0 heterocycles. The summed E-state index contributed by atoms with van der Waals surface area (Å²) in [6.45, 7) is 11.1. The summed E-state index contributed by atoms with van der Waals surface area (Å²) >= 11 is 0. The molecule has 2 amide bonds. The fraction of sp³-hybridized carbons (Fsp3) is 0.297. The number of carbonyl (C=O) groups excluding carboxylic acids is 2. The zero-order valence-corrected chi connectivity index (χ0v) is 27.8. The smallest absolute Gasteiger partial charge is 0.264 e. The first-order chi connectivity index (χ1) is 21.3. The van der Waals surface area contributed by atoms with E-state index in [-0.39, 0.29) is 23.8 Å². The molecule has 1 atom stereocenters. The van der Waals surface area contributed by atoms with Crippen LogP contribution in [-0.4, -0.2) is 43.3 Å². The standard InChI is InChI=1S/C37H43N3O4S/c1-27-17-15-23-33(29(27)3)40(45(43,44)32-21-11-8-12-22-32)26-35(41)39(25-31-20-14-13-16-28(31)2)34(36(42)38-37(4,5)6)24-30-18-9-7-10-19-30/h7-23,34H,24-26H2,1-6H3,(H,38,42). The Kier molecular flexibility index (Phi) is 10.5. The van der Waals surface area contributed by atoms with Gasteiger partial charge in [-0.1, -0.05) is 84.9 Å². The van der Waals surface area contributed by atoms with Crippen molar-refractivity contribution < 1.29 is 18.0 Å². The monoisotopic (exact) mass is 625 g/mol. The van der Waals surface area contributed by atoms with Crippen molar-refractivity contribution in [2.24, 2.45) is 0 Å². The Labute approximate surface area is 268 Å². The van der Waals surface area contributed by atoms with Crippen LogP contribution >= 0.6 is 0 Å². The van der Waals surface area contributed by atoms with Crippen molar-refractivity contribution in [2.45, 2.75) is 71.0 Å². The van der Waals surface area contributed by atoms with Gasteiger partial charge in [0.15, 0.2) is 0 Å². The molecule has 8 heteroatoms. The predicted molar refractivity (Wildman–Crippen MR) is 180 cm³/mol. The van der Waals surface area contributed by atoms with Crippen LogP contribution in [-0.2, 0) is 32.6 Å². The Bertz CT molecular complexity index is 1730. The molecule has 4 aromatic rings. The van der Waals surface area contributed by atoms with E-state index in [4.69, 9.17) is 0 Å². The summed E-state index contributed by atoms with van der Waals surface area (Å²) in [6, 6.07) is 29.9. The number of aryl methyl sites for hydroxylation is 2. The van der Waals surface area contributed by atoms with Gasteiger partial charge < -0.3 is 10.2 Å². The Morgan fingerprint density at radius 1 is 0.756 bits per heavy atom. The van der Waals surface area contributed by atoms with Gasteiger partial charge in [0.05, 0.1) is 10.6 Å². The highest BCUT2D eigenvalue weighted by Crippen LogP contribution is 2.29. The van der Waals surface area contributed by atoms with Gasteiger partial charge in [-0.25, -0.2) is 8.42 Å². The second kappa shape index (κ2) is 14.1. The van der Waals surface area contributed by atoms with Gasteiger partial charge in [0.25, 0.3) is 10.0 Å². The summed E-state index contributed by atoms with van der Waals surface area (Å²) in [7, 11) is -4.15. The van der Waals surface area contributed by atoms with Crippen LogP contribution in [0.4, 0.5) is 5.69 Å². The molecule has 45 heavy (non-hydrogen) atoms. The maximum atomic E-state index is 14.7. The Hall–Kier alpha value is -4.43. The van der Waals surface area contributed by atoms with E-state index in [1.54, 1.807) is 30.3 Å². The average Bonchev–Trinajstić information content (AvgIpc) is 3.00. The summed E-state index contributed by atoms with van der Waals surface area (Å²) in [5.74, 6) is -0.791. The molecule has 4 aromatic carbocycles. The highest BCUT2D eigenvalue weighted by molar-refractivity contribution is 7.92. The molecule has 236 valence electrons. The molecular formula is C37H43N3O4S. The molecule has 1 unspecified atom stereocenters. The third-order valence-electron chi connectivity index (χ3n) is 7.83. The van der Waals surface area contributed by atoms with E-state index >= 15 is 0 Å². The molecule has 0 aliphatic heterocycles. The van der Waals surface area contributed by atoms with Crippen molar-refractivity contribution in [1.82, 2.24) is 10.2 Å². The quantitative estimate of drug-likeness (QED) is 0.210. The lowest BCUT2D eigenvalue weighted by molar-refractivity contribution is -0.140. The Morgan fingerprint density at radius 3 is 1.96 bits per heavy atom. The third kappa shape index (κ3) is 8.39. The number of hydrogen-bond donors (Lipinski definition) is 1. The molecule has 0 aromatic heterocycles. The fourth-order valence-electron chi connectivity index (χ4n) is 5.22. The van der Waals surface area contributed by atoms with Gasteiger partial charge in [0.1, 0.15) is 12.6 Å². The van der Waals surface area contributed by atoms with E-state index in [2.05, 4.69) is 5.32 Å². The highest BCUT2D eigenvalue weighted by atomic mass is 32.2. The second-order valence-corrected chi connectivity index (χ2v) is 14.3. The Balaban J connectivity index is 1.85. The van der Waals surface area contributed by atoms with Crippen LogP contribution in [0.2, 0.25) is 0 Å². The summed E-state index contributed by atoms with van der Waals surface area (Å²) in [5, 5.41) is 3.07. The van der Waals surface area contributed by atoms with Gasteiger partial charge in [0.2, 0.25) is 11.8 Å². The highest BCUT2D eigenvalue weighted by Gasteiger charge is 2.36. The van der Waals surface area contributed by atoms with Crippen molar-refractivity contribution in [2.75, 3.05) is 10.8 Å². The molecule has 7 nitrogen and oxygen atoms in total. The minimum absolute atomic E-state index is 0.0791. The second-order valence-electron chi connectivity index (χ2n) is 12.4. The first-order valence-corrected chi connectivity index (χ1v) is 16.6. The van der Waals surface area contributed by atoms with Gasteiger partial charge in [0, 0.05) is 18.5 Å². The normalized spacial score (nSPS) is 12.3. The minimum atomic E-state index is -4.15. The van der Waals surface area contributed by atoms with Crippen LogP contribution in [0, 0.1) is 20.8 Å². The molecule has 0 aliphatic carbocycles. The number of nitrogens with zero attached hydrogens (tertiary/aromatic N) is 2. The number of rotatable bonds is 11.